The van der Waals surface area contributed by atoms with Crippen molar-refractivity contribution in [3.05, 3.63) is 27.7 Å². The van der Waals surface area contributed by atoms with Gasteiger partial charge in [-0.2, -0.15) is 0 Å². The number of nitrogens with one attached hydrogen (secondary N) is 2. The first-order valence-corrected chi connectivity index (χ1v) is 8.06. The average Bonchev–Trinajstić information content (AvgIpc) is 2.65. The molecule has 0 spiro atoms. The molecule has 1 aromatic rings. The van der Waals surface area contributed by atoms with Crippen molar-refractivity contribution in [1.82, 2.24) is 10.6 Å². The normalized spacial score (nSPS) is 25.5. The van der Waals surface area contributed by atoms with Crippen molar-refractivity contribution < 1.29 is 9.53 Å². The van der Waals surface area contributed by atoms with E-state index < -0.39 is 0 Å². The first kappa shape index (κ1) is 14.9. The van der Waals surface area contributed by atoms with Crippen LogP contribution in [-0.2, 0) is 4.79 Å². The zero-order valence-corrected chi connectivity index (χ0v) is 13.1. The number of hydrogen-bond donors (Lipinski definition) is 2. The van der Waals surface area contributed by atoms with Crippen LogP contribution in [0.25, 0.3) is 0 Å². The number of carbonyl (C=O) groups excluding carboxylic acids is 1. The molecule has 2 unspecified atom stereocenters. The van der Waals surface area contributed by atoms with Gasteiger partial charge in [0.25, 0.3) is 0 Å². The molecule has 2 aliphatic heterocycles. The molecule has 3 rings (SSSR count). The van der Waals surface area contributed by atoms with Gasteiger partial charge < -0.3 is 10.1 Å². The van der Waals surface area contributed by atoms with Gasteiger partial charge in [-0.3, -0.25) is 10.1 Å². The van der Waals surface area contributed by atoms with E-state index in [2.05, 4.69) is 10.6 Å². The Kier molecular flexibility index (Phi) is 4.57. The average molecular weight is 329 g/mol. The predicted octanol–water partition coefficient (Wildman–Crippen LogP) is 3.08. The van der Waals surface area contributed by atoms with Crippen LogP contribution in [0.5, 0.6) is 5.75 Å². The molecule has 2 atom stereocenters. The largest absolute Gasteiger partial charge is 0.492 e. The van der Waals surface area contributed by atoms with Crippen LogP contribution < -0.4 is 15.4 Å². The highest BCUT2D eigenvalue weighted by molar-refractivity contribution is 6.35. The summed E-state index contributed by atoms with van der Waals surface area (Å²) in [6.07, 6.45) is 3.73. The lowest BCUT2D eigenvalue weighted by molar-refractivity contribution is -0.123. The summed E-state index contributed by atoms with van der Waals surface area (Å²) < 4.78 is 5.65. The monoisotopic (exact) mass is 328 g/mol. The van der Waals surface area contributed by atoms with Crippen molar-refractivity contribution in [2.45, 2.75) is 37.8 Å². The molecule has 21 heavy (non-hydrogen) atoms. The van der Waals surface area contributed by atoms with Crippen LogP contribution in [0, 0.1) is 0 Å². The first-order chi connectivity index (χ1) is 10.1. The van der Waals surface area contributed by atoms with Crippen LogP contribution in [-0.4, -0.2) is 25.1 Å². The minimum absolute atomic E-state index is 0.0406. The summed E-state index contributed by atoms with van der Waals surface area (Å²) in [5.74, 6) is 0.757. The van der Waals surface area contributed by atoms with Crippen molar-refractivity contribution in [2.75, 3.05) is 13.2 Å². The summed E-state index contributed by atoms with van der Waals surface area (Å²) >= 11 is 12.3. The van der Waals surface area contributed by atoms with E-state index in [0.717, 1.165) is 37.8 Å². The topological polar surface area (TPSA) is 50.4 Å². The number of ether oxygens (including phenoxy) is 1. The Morgan fingerprint density at radius 1 is 1.19 bits per heavy atom. The minimum atomic E-state index is -0.166. The number of hydrogen-bond acceptors (Lipinski definition) is 3. The van der Waals surface area contributed by atoms with E-state index in [1.165, 1.54) is 0 Å². The molecule has 0 bridgehead atoms. The highest BCUT2D eigenvalue weighted by Crippen LogP contribution is 2.40. The van der Waals surface area contributed by atoms with Crippen LogP contribution in [0.4, 0.5) is 0 Å². The number of carbonyl (C=O) groups is 1. The molecule has 1 amide bonds. The molecule has 1 fully saturated rings. The van der Waals surface area contributed by atoms with E-state index in [4.69, 9.17) is 27.9 Å². The molecule has 4 nitrogen and oxygen atoms in total. The zero-order valence-electron chi connectivity index (χ0n) is 11.6. The third kappa shape index (κ3) is 3.28. The molecule has 1 aromatic carbocycles. The maximum Gasteiger partial charge on any atom is 0.237 e. The molecule has 2 heterocycles. The minimum Gasteiger partial charge on any atom is -0.492 e. The Morgan fingerprint density at radius 3 is 2.90 bits per heavy atom. The number of fused-ring (bicyclic) bond motifs is 1. The summed E-state index contributed by atoms with van der Waals surface area (Å²) in [6.45, 7) is 1.35. The standard InChI is InChI=1S/C15H18Cl2N2O2/c16-9-7-10-12(4-6-21-14(10)11(17)8-9)19-13-3-1-2-5-18-15(13)20/h7-8,12-13,19H,1-6H2,(H,18,20). The van der Waals surface area contributed by atoms with Crippen molar-refractivity contribution in [1.29, 1.82) is 0 Å². The van der Waals surface area contributed by atoms with Gasteiger partial charge in [-0.1, -0.05) is 23.2 Å². The number of amides is 1. The number of halogens is 2. The fraction of sp³-hybridized carbons (Fsp3) is 0.533. The summed E-state index contributed by atoms with van der Waals surface area (Å²) in [7, 11) is 0. The van der Waals surface area contributed by atoms with Crippen LogP contribution >= 0.6 is 23.2 Å². The second kappa shape index (κ2) is 6.42. The summed E-state index contributed by atoms with van der Waals surface area (Å²) in [5, 5.41) is 7.50. The van der Waals surface area contributed by atoms with Gasteiger partial charge in [0, 0.05) is 29.6 Å². The maximum absolute atomic E-state index is 12.1. The van der Waals surface area contributed by atoms with Gasteiger partial charge in [-0.25, -0.2) is 0 Å². The second-order valence-electron chi connectivity index (χ2n) is 5.50. The molecular weight excluding hydrogens is 311 g/mol. The van der Waals surface area contributed by atoms with Gasteiger partial charge in [0.15, 0.2) is 0 Å². The lowest BCUT2D eigenvalue weighted by atomic mass is 9.98. The molecular formula is C15H18Cl2N2O2. The molecule has 6 heteroatoms. The predicted molar refractivity (Wildman–Crippen MR) is 83.1 cm³/mol. The highest BCUT2D eigenvalue weighted by Gasteiger charge is 2.29. The molecule has 0 saturated carbocycles. The number of benzene rings is 1. The molecule has 2 aliphatic rings. The van der Waals surface area contributed by atoms with Crippen molar-refractivity contribution in [3.8, 4) is 5.75 Å². The lowest BCUT2D eigenvalue weighted by Crippen LogP contribution is -2.45. The van der Waals surface area contributed by atoms with E-state index >= 15 is 0 Å². The second-order valence-corrected chi connectivity index (χ2v) is 6.35. The van der Waals surface area contributed by atoms with Crippen LogP contribution in [0.2, 0.25) is 10.0 Å². The van der Waals surface area contributed by atoms with Crippen LogP contribution in [0.1, 0.15) is 37.3 Å². The third-order valence-corrected chi connectivity index (χ3v) is 4.50. The Labute approximate surface area is 134 Å². The van der Waals surface area contributed by atoms with E-state index in [0.29, 0.717) is 22.4 Å². The summed E-state index contributed by atoms with van der Waals surface area (Å²) in [4.78, 5) is 12.1. The SMILES string of the molecule is O=C1NCCCCC1NC1CCOc2c(Cl)cc(Cl)cc21. The van der Waals surface area contributed by atoms with E-state index in [-0.39, 0.29) is 18.0 Å². The fourth-order valence-electron chi connectivity index (χ4n) is 2.94. The Balaban J connectivity index is 1.83. The van der Waals surface area contributed by atoms with Gasteiger partial charge in [0.1, 0.15) is 5.75 Å². The van der Waals surface area contributed by atoms with E-state index in [1.807, 2.05) is 6.07 Å². The summed E-state index contributed by atoms with van der Waals surface area (Å²) in [5.41, 5.74) is 0.941. The molecule has 0 radical (unpaired) electrons. The molecule has 1 saturated heterocycles. The van der Waals surface area contributed by atoms with Crippen molar-refractivity contribution in [3.63, 3.8) is 0 Å². The Hall–Kier alpha value is -0.970. The van der Waals surface area contributed by atoms with E-state index in [9.17, 15) is 4.79 Å². The Bertz CT molecular complexity index is 551. The first-order valence-electron chi connectivity index (χ1n) is 7.30. The lowest BCUT2D eigenvalue weighted by Gasteiger charge is -2.30. The third-order valence-electron chi connectivity index (χ3n) is 4.00. The van der Waals surface area contributed by atoms with Gasteiger partial charge in [0.2, 0.25) is 5.91 Å². The Morgan fingerprint density at radius 2 is 2.05 bits per heavy atom. The van der Waals surface area contributed by atoms with E-state index in [1.54, 1.807) is 6.07 Å². The smallest absolute Gasteiger partial charge is 0.237 e. The van der Waals surface area contributed by atoms with Crippen molar-refractivity contribution in [2.24, 2.45) is 0 Å². The zero-order chi connectivity index (χ0) is 14.8. The van der Waals surface area contributed by atoms with Gasteiger partial charge in [0.05, 0.1) is 17.7 Å². The van der Waals surface area contributed by atoms with Crippen LogP contribution in [0.15, 0.2) is 12.1 Å². The summed E-state index contributed by atoms with van der Waals surface area (Å²) in [6, 6.07) is 3.43. The maximum atomic E-state index is 12.1. The van der Waals surface area contributed by atoms with Gasteiger partial charge in [-0.15, -0.1) is 0 Å². The quantitative estimate of drug-likeness (QED) is 0.877. The highest BCUT2D eigenvalue weighted by atomic mass is 35.5. The van der Waals surface area contributed by atoms with Gasteiger partial charge in [-0.05, 0) is 31.4 Å². The van der Waals surface area contributed by atoms with Gasteiger partial charge >= 0.3 is 0 Å². The molecule has 0 aliphatic carbocycles. The van der Waals surface area contributed by atoms with Crippen molar-refractivity contribution >= 4 is 29.1 Å². The molecule has 0 aromatic heterocycles. The fourth-order valence-corrected chi connectivity index (χ4v) is 3.50. The van der Waals surface area contributed by atoms with Crippen LogP contribution in [0.3, 0.4) is 0 Å². The molecule has 2 N–H and O–H groups in total. The number of rotatable bonds is 2. The molecule has 114 valence electrons.